The summed E-state index contributed by atoms with van der Waals surface area (Å²) in [6, 6.07) is 11.6. The number of nitriles is 1. The summed E-state index contributed by atoms with van der Waals surface area (Å²) in [5.41, 5.74) is 3.64. The highest BCUT2D eigenvalue weighted by molar-refractivity contribution is 6.31. The average Bonchev–Trinajstić information content (AvgIpc) is 2.53. The van der Waals surface area contributed by atoms with Gasteiger partial charge in [0.2, 0.25) is 5.88 Å². The van der Waals surface area contributed by atoms with Gasteiger partial charge in [-0.15, -0.1) is 0 Å². The topological polar surface area (TPSA) is 45.9 Å². The predicted molar refractivity (Wildman–Crippen MR) is 81.4 cm³/mol. The Bertz CT molecular complexity index is 706. The zero-order valence-corrected chi connectivity index (χ0v) is 12.4. The van der Waals surface area contributed by atoms with E-state index in [-0.39, 0.29) is 0 Å². The number of rotatable bonds is 3. The van der Waals surface area contributed by atoms with Gasteiger partial charge in [0.15, 0.2) is 0 Å². The lowest BCUT2D eigenvalue weighted by molar-refractivity contribution is 0.291. The molecule has 1 aromatic carbocycles. The van der Waals surface area contributed by atoms with Gasteiger partial charge in [-0.3, -0.25) is 0 Å². The molecule has 0 aliphatic heterocycles. The van der Waals surface area contributed by atoms with Crippen molar-refractivity contribution in [2.24, 2.45) is 0 Å². The molecular weight excluding hydrogens is 284 g/mol. The van der Waals surface area contributed by atoms with Crippen LogP contribution in [-0.4, -0.2) is 4.98 Å². The highest BCUT2D eigenvalue weighted by atomic mass is 35.5. The van der Waals surface area contributed by atoms with Crippen LogP contribution in [0.15, 0.2) is 30.3 Å². The van der Waals surface area contributed by atoms with Gasteiger partial charge in [0, 0.05) is 16.3 Å². The SMILES string of the molecule is N#Cc1cc2c(nc1OCc1ccccc1Cl)CCCC2. The van der Waals surface area contributed by atoms with Crippen LogP contribution in [0.5, 0.6) is 5.88 Å². The molecule has 106 valence electrons. The fraction of sp³-hybridized carbons (Fsp3) is 0.294. The van der Waals surface area contributed by atoms with Crippen LogP contribution in [0.1, 0.15) is 35.2 Å². The van der Waals surface area contributed by atoms with E-state index in [4.69, 9.17) is 16.3 Å². The Morgan fingerprint density at radius 3 is 2.86 bits per heavy atom. The number of nitrogens with zero attached hydrogens (tertiary/aromatic N) is 2. The highest BCUT2D eigenvalue weighted by Gasteiger charge is 2.16. The van der Waals surface area contributed by atoms with Crippen molar-refractivity contribution in [3.63, 3.8) is 0 Å². The number of benzene rings is 1. The van der Waals surface area contributed by atoms with Gasteiger partial charge in [-0.25, -0.2) is 4.98 Å². The molecule has 0 bridgehead atoms. The molecule has 0 radical (unpaired) electrons. The average molecular weight is 299 g/mol. The van der Waals surface area contributed by atoms with Gasteiger partial charge in [0.05, 0.1) is 0 Å². The van der Waals surface area contributed by atoms with Gasteiger partial charge < -0.3 is 4.74 Å². The van der Waals surface area contributed by atoms with E-state index in [1.807, 2.05) is 30.3 Å². The lowest BCUT2D eigenvalue weighted by atomic mass is 9.95. The molecule has 2 aromatic rings. The lowest BCUT2D eigenvalue weighted by Gasteiger charge is -2.17. The zero-order chi connectivity index (χ0) is 14.7. The van der Waals surface area contributed by atoms with E-state index in [0.29, 0.717) is 23.1 Å². The van der Waals surface area contributed by atoms with Gasteiger partial charge in [-0.2, -0.15) is 5.26 Å². The fourth-order valence-electron chi connectivity index (χ4n) is 2.57. The molecule has 0 unspecified atom stereocenters. The van der Waals surface area contributed by atoms with Crippen molar-refractivity contribution in [1.82, 2.24) is 4.98 Å². The minimum atomic E-state index is 0.320. The maximum Gasteiger partial charge on any atom is 0.232 e. The first kappa shape index (κ1) is 13.9. The molecule has 0 saturated carbocycles. The molecule has 1 aliphatic carbocycles. The summed E-state index contributed by atoms with van der Waals surface area (Å²) < 4.78 is 5.74. The van der Waals surface area contributed by atoms with Crippen molar-refractivity contribution >= 4 is 11.6 Å². The number of hydrogen-bond acceptors (Lipinski definition) is 3. The number of aromatic nitrogens is 1. The van der Waals surface area contributed by atoms with Crippen molar-refractivity contribution in [2.45, 2.75) is 32.3 Å². The molecule has 0 atom stereocenters. The largest absolute Gasteiger partial charge is 0.472 e. The highest BCUT2D eigenvalue weighted by Crippen LogP contribution is 2.26. The second-order valence-corrected chi connectivity index (χ2v) is 5.55. The molecule has 3 nitrogen and oxygen atoms in total. The van der Waals surface area contributed by atoms with Crippen LogP contribution in [0, 0.1) is 11.3 Å². The molecule has 4 heteroatoms. The summed E-state index contributed by atoms with van der Waals surface area (Å²) in [5.74, 6) is 0.415. The van der Waals surface area contributed by atoms with Crippen LogP contribution in [0.3, 0.4) is 0 Å². The summed E-state index contributed by atoms with van der Waals surface area (Å²) in [6.07, 6.45) is 4.28. The van der Waals surface area contributed by atoms with Crippen molar-refractivity contribution < 1.29 is 4.74 Å². The minimum absolute atomic E-state index is 0.320. The second-order valence-electron chi connectivity index (χ2n) is 5.15. The Labute approximate surface area is 129 Å². The number of fused-ring (bicyclic) bond motifs is 1. The third-order valence-electron chi connectivity index (χ3n) is 3.71. The van der Waals surface area contributed by atoms with E-state index in [1.165, 1.54) is 12.0 Å². The van der Waals surface area contributed by atoms with Crippen LogP contribution in [0.2, 0.25) is 5.02 Å². The van der Waals surface area contributed by atoms with Crippen molar-refractivity contribution in [3.8, 4) is 11.9 Å². The first-order chi connectivity index (χ1) is 10.3. The molecule has 0 N–H and O–H groups in total. The van der Waals surface area contributed by atoms with Crippen LogP contribution >= 0.6 is 11.6 Å². The van der Waals surface area contributed by atoms with E-state index in [0.717, 1.165) is 30.5 Å². The number of ether oxygens (including phenoxy) is 1. The molecule has 0 saturated heterocycles. The van der Waals surface area contributed by atoms with Crippen LogP contribution < -0.4 is 4.74 Å². The van der Waals surface area contributed by atoms with Crippen molar-refractivity contribution in [3.05, 3.63) is 57.7 Å². The summed E-state index contributed by atoms with van der Waals surface area (Å²) in [4.78, 5) is 4.54. The number of aryl methyl sites for hydroxylation is 2. The van der Waals surface area contributed by atoms with Crippen LogP contribution in [-0.2, 0) is 19.4 Å². The van der Waals surface area contributed by atoms with Gasteiger partial charge in [-0.1, -0.05) is 29.8 Å². The van der Waals surface area contributed by atoms with E-state index in [9.17, 15) is 5.26 Å². The quantitative estimate of drug-likeness (QED) is 0.858. The third-order valence-corrected chi connectivity index (χ3v) is 4.08. The Hall–Kier alpha value is -2.05. The smallest absolute Gasteiger partial charge is 0.232 e. The molecule has 1 aliphatic rings. The number of pyridine rings is 1. The third kappa shape index (κ3) is 3.01. The van der Waals surface area contributed by atoms with Gasteiger partial charge in [0.25, 0.3) is 0 Å². The molecule has 3 rings (SSSR count). The van der Waals surface area contributed by atoms with E-state index >= 15 is 0 Å². The summed E-state index contributed by atoms with van der Waals surface area (Å²) in [7, 11) is 0. The normalized spacial score (nSPS) is 13.3. The van der Waals surface area contributed by atoms with Crippen molar-refractivity contribution in [2.75, 3.05) is 0 Å². The number of halogens is 1. The molecule has 0 amide bonds. The molecule has 21 heavy (non-hydrogen) atoms. The van der Waals surface area contributed by atoms with E-state index < -0.39 is 0 Å². The monoisotopic (exact) mass is 298 g/mol. The molecule has 0 fully saturated rings. The van der Waals surface area contributed by atoms with E-state index in [1.54, 1.807) is 0 Å². The second kappa shape index (κ2) is 6.15. The summed E-state index contributed by atoms with van der Waals surface area (Å²) >= 11 is 6.11. The minimum Gasteiger partial charge on any atom is -0.472 e. The first-order valence-electron chi connectivity index (χ1n) is 7.07. The molecule has 1 heterocycles. The van der Waals surface area contributed by atoms with Gasteiger partial charge in [-0.05, 0) is 43.4 Å². The van der Waals surface area contributed by atoms with Gasteiger partial charge >= 0.3 is 0 Å². The van der Waals surface area contributed by atoms with Gasteiger partial charge in [0.1, 0.15) is 18.2 Å². The Kier molecular flexibility index (Phi) is 4.08. The lowest BCUT2D eigenvalue weighted by Crippen LogP contribution is -2.09. The standard InChI is InChI=1S/C17H15ClN2O/c18-15-7-3-1-6-13(15)11-21-17-14(10-19)9-12-5-2-4-8-16(12)20-17/h1,3,6-7,9H,2,4-5,8,11H2. The maximum atomic E-state index is 9.28. The Morgan fingerprint density at radius 1 is 1.24 bits per heavy atom. The van der Waals surface area contributed by atoms with Crippen LogP contribution in [0.4, 0.5) is 0 Å². The predicted octanol–water partition coefficient (Wildman–Crippen LogP) is 4.06. The zero-order valence-electron chi connectivity index (χ0n) is 11.6. The van der Waals surface area contributed by atoms with E-state index in [2.05, 4.69) is 11.1 Å². The Balaban J connectivity index is 1.85. The maximum absolute atomic E-state index is 9.28. The fourth-order valence-corrected chi connectivity index (χ4v) is 2.76. The number of hydrogen-bond donors (Lipinski definition) is 0. The molecule has 0 spiro atoms. The summed E-state index contributed by atoms with van der Waals surface area (Å²) in [5, 5.41) is 9.94. The first-order valence-corrected chi connectivity index (χ1v) is 7.45. The van der Waals surface area contributed by atoms with Crippen LogP contribution in [0.25, 0.3) is 0 Å². The summed E-state index contributed by atoms with van der Waals surface area (Å²) in [6.45, 7) is 0.320. The molecule has 1 aromatic heterocycles. The van der Waals surface area contributed by atoms with Crippen molar-refractivity contribution in [1.29, 1.82) is 5.26 Å². The Morgan fingerprint density at radius 2 is 2.05 bits per heavy atom. The molecular formula is C17H15ClN2O.